The molecule has 1 saturated heterocycles. The van der Waals surface area contributed by atoms with Crippen molar-refractivity contribution in [1.29, 1.82) is 0 Å². The molecule has 6 rings (SSSR count). The second-order valence-corrected chi connectivity index (χ2v) is 12.1. The van der Waals surface area contributed by atoms with E-state index in [1.807, 2.05) is 45.7 Å². The molecule has 1 amide bonds. The van der Waals surface area contributed by atoms with Gasteiger partial charge in [-0.15, -0.1) is 0 Å². The quantitative estimate of drug-likeness (QED) is 0.325. The summed E-state index contributed by atoms with van der Waals surface area (Å²) in [6.07, 6.45) is 2.99. The molecule has 5 heterocycles. The van der Waals surface area contributed by atoms with Crippen LogP contribution in [0.15, 0.2) is 47.9 Å². The van der Waals surface area contributed by atoms with Gasteiger partial charge in [0.2, 0.25) is 5.91 Å². The molecule has 3 aromatic heterocycles. The van der Waals surface area contributed by atoms with Crippen molar-refractivity contribution in [3.05, 3.63) is 75.7 Å². The summed E-state index contributed by atoms with van der Waals surface area (Å²) < 4.78 is 16.8. The van der Waals surface area contributed by atoms with Gasteiger partial charge in [0.15, 0.2) is 5.65 Å². The van der Waals surface area contributed by atoms with E-state index >= 15 is 4.39 Å². The van der Waals surface area contributed by atoms with Gasteiger partial charge in [0.1, 0.15) is 23.1 Å². The second-order valence-electron chi connectivity index (χ2n) is 11.8. The monoisotopic (exact) mass is 617 g/mol. The second kappa shape index (κ2) is 10.9. The summed E-state index contributed by atoms with van der Waals surface area (Å²) in [4.78, 5) is 46.8. The molecule has 1 fully saturated rings. The molecule has 12 heteroatoms. The lowest BCUT2D eigenvalue weighted by molar-refractivity contribution is -0.127. The van der Waals surface area contributed by atoms with Crippen molar-refractivity contribution >= 4 is 40.0 Å². The predicted molar refractivity (Wildman–Crippen MR) is 170 cm³/mol. The zero-order chi connectivity index (χ0) is 31.6. The molecule has 4 aromatic rings. The molecule has 1 N–H and O–H groups in total. The standard InChI is InChI=1S/C32H33ClFN7O3/c1-7-22(43)39-13-18(5)40-19(15-39)14-38(6)29-24-30(36-27(25(29)33)23-20(34)9-8-10-21(23)42)41(32(44)37-31(24)40)28-17(4)11-12-35-26(28)16(2)3/h7-12,16,18-19,42H,1,13-15H2,2-6H3. The first-order valence-electron chi connectivity index (χ1n) is 14.4. The zero-order valence-corrected chi connectivity index (χ0v) is 25.9. The molecular weight excluding hydrogens is 585 g/mol. The van der Waals surface area contributed by atoms with Crippen LogP contribution in [0, 0.1) is 12.7 Å². The van der Waals surface area contributed by atoms with Gasteiger partial charge in [0.25, 0.3) is 0 Å². The number of aryl methyl sites for hydroxylation is 1. The van der Waals surface area contributed by atoms with Crippen LogP contribution in [0.25, 0.3) is 28.0 Å². The van der Waals surface area contributed by atoms with E-state index in [0.29, 0.717) is 47.9 Å². The van der Waals surface area contributed by atoms with Crippen LogP contribution < -0.4 is 15.5 Å². The van der Waals surface area contributed by atoms with E-state index in [1.165, 1.54) is 28.8 Å². The van der Waals surface area contributed by atoms with Crippen LogP contribution in [0.1, 0.15) is 37.9 Å². The molecule has 1 aromatic carbocycles. The lowest BCUT2D eigenvalue weighted by Gasteiger charge is -2.46. The Kier molecular flexibility index (Phi) is 7.31. The number of halogens is 2. The third-order valence-corrected chi connectivity index (χ3v) is 8.81. The Morgan fingerprint density at radius 1 is 1.18 bits per heavy atom. The summed E-state index contributed by atoms with van der Waals surface area (Å²) in [7, 11) is 1.85. The predicted octanol–water partition coefficient (Wildman–Crippen LogP) is 4.81. The SMILES string of the molecule is C=CC(=O)N1CC(C)N2c3nc(=O)n(-c4c(C)ccnc4C(C)C)c4nc(-c5c(O)cccc5F)c(Cl)c(c34)N(C)CC2C1. The number of hydrogen-bond acceptors (Lipinski definition) is 8. The maximum atomic E-state index is 15.4. The number of pyridine rings is 2. The lowest BCUT2D eigenvalue weighted by atomic mass is 10.0. The third kappa shape index (κ3) is 4.49. The smallest absolute Gasteiger partial charge is 0.355 e. The molecule has 2 aliphatic rings. The Bertz CT molecular complexity index is 1890. The Morgan fingerprint density at radius 2 is 1.93 bits per heavy atom. The van der Waals surface area contributed by atoms with Gasteiger partial charge in [0.05, 0.1) is 39.1 Å². The van der Waals surface area contributed by atoms with Crippen LogP contribution in [0.2, 0.25) is 5.02 Å². The van der Waals surface area contributed by atoms with Crippen LogP contribution in [0.4, 0.5) is 15.9 Å². The lowest BCUT2D eigenvalue weighted by Crippen LogP contribution is -2.61. The number of aromatic hydroxyl groups is 1. The fraction of sp³-hybridized carbons (Fsp3) is 0.344. The Labute approximate surface area is 259 Å². The summed E-state index contributed by atoms with van der Waals surface area (Å²) >= 11 is 7.12. The molecule has 228 valence electrons. The van der Waals surface area contributed by atoms with Crippen molar-refractivity contribution in [3.63, 3.8) is 0 Å². The van der Waals surface area contributed by atoms with E-state index in [-0.39, 0.29) is 51.6 Å². The molecule has 44 heavy (non-hydrogen) atoms. The summed E-state index contributed by atoms with van der Waals surface area (Å²) in [6, 6.07) is 5.31. The molecule has 0 radical (unpaired) electrons. The van der Waals surface area contributed by atoms with Crippen LogP contribution in [0.3, 0.4) is 0 Å². The van der Waals surface area contributed by atoms with Crippen molar-refractivity contribution in [1.82, 2.24) is 24.4 Å². The first-order valence-corrected chi connectivity index (χ1v) is 14.8. The van der Waals surface area contributed by atoms with E-state index in [9.17, 15) is 14.7 Å². The number of phenols is 1. The van der Waals surface area contributed by atoms with E-state index in [0.717, 1.165) is 5.56 Å². The number of amides is 1. The summed E-state index contributed by atoms with van der Waals surface area (Å²) in [6.45, 7) is 12.6. The van der Waals surface area contributed by atoms with E-state index in [2.05, 4.69) is 21.4 Å². The molecule has 0 saturated carbocycles. The molecule has 2 atom stereocenters. The van der Waals surface area contributed by atoms with E-state index in [1.54, 1.807) is 11.1 Å². The highest BCUT2D eigenvalue weighted by Crippen LogP contribution is 2.47. The minimum absolute atomic E-state index is 0.00839. The number of piperazine rings is 1. The van der Waals surface area contributed by atoms with Gasteiger partial charge in [-0.05, 0) is 49.6 Å². The minimum atomic E-state index is -0.713. The maximum Gasteiger partial charge on any atom is 0.355 e. The molecule has 2 unspecified atom stereocenters. The highest BCUT2D eigenvalue weighted by molar-refractivity contribution is 6.38. The molecule has 0 spiro atoms. The fourth-order valence-corrected chi connectivity index (χ4v) is 6.94. The number of hydrogen-bond donors (Lipinski definition) is 1. The number of carbonyl (C=O) groups excluding carboxylic acids is 1. The number of aromatic nitrogens is 4. The summed E-state index contributed by atoms with van der Waals surface area (Å²) in [5.74, 6) is -0.896. The van der Waals surface area contributed by atoms with Gasteiger partial charge in [-0.25, -0.2) is 18.7 Å². The van der Waals surface area contributed by atoms with Crippen molar-refractivity contribution in [2.24, 2.45) is 0 Å². The molecule has 10 nitrogen and oxygen atoms in total. The highest BCUT2D eigenvalue weighted by Gasteiger charge is 2.41. The molecule has 0 aliphatic carbocycles. The van der Waals surface area contributed by atoms with Gasteiger partial charge in [-0.2, -0.15) is 4.98 Å². The number of anilines is 2. The highest BCUT2D eigenvalue weighted by atomic mass is 35.5. The van der Waals surface area contributed by atoms with Crippen molar-refractivity contribution in [2.45, 2.75) is 45.7 Å². The Balaban J connectivity index is 1.77. The van der Waals surface area contributed by atoms with Crippen LogP contribution in [0.5, 0.6) is 5.75 Å². The number of rotatable bonds is 4. The van der Waals surface area contributed by atoms with Crippen LogP contribution in [-0.2, 0) is 4.79 Å². The van der Waals surface area contributed by atoms with Crippen LogP contribution in [-0.4, -0.2) is 74.2 Å². The van der Waals surface area contributed by atoms with Crippen LogP contribution >= 0.6 is 11.6 Å². The molecule has 0 bridgehead atoms. The summed E-state index contributed by atoms with van der Waals surface area (Å²) in [5.41, 5.74) is 1.91. The Hall–Kier alpha value is -4.51. The Morgan fingerprint density at radius 3 is 2.61 bits per heavy atom. The first-order chi connectivity index (χ1) is 20.9. The largest absolute Gasteiger partial charge is 0.507 e. The summed E-state index contributed by atoms with van der Waals surface area (Å²) in [5, 5.41) is 11.4. The van der Waals surface area contributed by atoms with Gasteiger partial charge in [-0.3, -0.25) is 9.78 Å². The number of phenolic OH excluding ortho intramolecular Hbond substituents is 1. The van der Waals surface area contributed by atoms with Gasteiger partial charge < -0.3 is 19.8 Å². The van der Waals surface area contributed by atoms with Crippen molar-refractivity contribution < 1.29 is 14.3 Å². The third-order valence-electron chi connectivity index (χ3n) is 8.46. The number of likely N-dealkylation sites (N-methyl/N-ethyl adjacent to an activating group) is 1. The number of carbonyl (C=O) groups is 1. The zero-order valence-electron chi connectivity index (χ0n) is 25.2. The number of fused-ring (bicyclic) bond motifs is 2. The van der Waals surface area contributed by atoms with Crippen molar-refractivity contribution in [3.8, 4) is 22.7 Å². The number of nitrogens with zero attached hydrogens (tertiary/aromatic N) is 7. The fourth-order valence-electron chi connectivity index (χ4n) is 6.57. The maximum absolute atomic E-state index is 15.4. The average Bonchev–Trinajstić information content (AvgIpc) is 3.09. The minimum Gasteiger partial charge on any atom is -0.507 e. The van der Waals surface area contributed by atoms with E-state index in [4.69, 9.17) is 16.6 Å². The van der Waals surface area contributed by atoms with Crippen molar-refractivity contribution in [2.75, 3.05) is 36.5 Å². The van der Waals surface area contributed by atoms with E-state index < -0.39 is 11.5 Å². The van der Waals surface area contributed by atoms with Gasteiger partial charge in [0, 0.05) is 38.9 Å². The molecular formula is C32H33ClFN7O3. The topological polar surface area (TPSA) is 108 Å². The first kappa shape index (κ1) is 29.6. The number of benzene rings is 1. The van der Waals surface area contributed by atoms with Gasteiger partial charge in [-0.1, -0.05) is 38.1 Å². The normalized spacial score (nSPS) is 18.0. The van der Waals surface area contributed by atoms with Gasteiger partial charge >= 0.3 is 5.69 Å². The average molecular weight is 618 g/mol. The molecule has 2 aliphatic heterocycles.